The third kappa shape index (κ3) is 5.67. The zero-order chi connectivity index (χ0) is 16.8. The molecule has 1 fully saturated rings. The summed E-state index contributed by atoms with van der Waals surface area (Å²) in [7, 11) is -5.12. The third-order valence-electron chi connectivity index (χ3n) is 4.45. The fourth-order valence-corrected chi connectivity index (χ4v) is 3.22. The molecular formula is C15H18FNa2O6P. The first-order valence-corrected chi connectivity index (χ1v) is 9.02. The molecule has 1 saturated carbocycles. The molecule has 1 aliphatic heterocycles. The van der Waals surface area contributed by atoms with E-state index in [9.17, 15) is 18.7 Å². The summed E-state index contributed by atoms with van der Waals surface area (Å²) in [5, 5.41) is 0. The first kappa shape index (κ1) is 23.9. The quantitative estimate of drug-likeness (QED) is 0.280. The van der Waals surface area contributed by atoms with Gasteiger partial charge in [-0.1, -0.05) is 13.8 Å². The van der Waals surface area contributed by atoms with Crippen molar-refractivity contribution in [2.24, 2.45) is 5.92 Å². The van der Waals surface area contributed by atoms with Crippen LogP contribution in [0.4, 0.5) is 4.39 Å². The Hall–Kier alpha value is 0.860. The van der Waals surface area contributed by atoms with Crippen molar-refractivity contribution >= 4 is 7.82 Å². The van der Waals surface area contributed by atoms with Crippen LogP contribution in [0.2, 0.25) is 0 Å². The summed E-state index contributed by atoms with van der Waals surface area (Å²) in [4.78, 5) is 21.2. The van der Waals surface area contributed by atoms with Crippen molar-refractivity contribution in [2.45, 2.75) is 38.5 Å². The van der Waals surface area contributed by atoms with Crippen LogP contribution in [0.5, 0.6) is 11.5 Å². The van der Waals surface area contributed by atoms with Gasteiger partial charge in [-0.15, -0.1) is 0 Å². The van der Waals surface area contributed by atoms with E-state index in [0.717, 1.165) is 12.8 Å². The maximum absolute atomic E-state index is 14.3. The number of hydrogen-bond donors (Lipinski definition) is 0. The number of phosphoric ester groups is 1. The molecule has 0 unspecified atom stereocenters. The van der Waals surface area contributed by atoms with Gasteiger partial charge in [-0.3, -0.25) is 0 Å². The minimum absolute atomic E-state index is 0. The van der Waals surface area contributed by atoms with Gasteiger partial charge in [0, 0.05) is 17.0 Å². The van der Waals surface area contributed by atoms with Gasteiger partial charge in [0.05, 0.1) is 14.4 Å². The van der Waals surface area contributed by atoms with Gasteiger partial charge in [0.15, 0.2) is 18.4 Å². The molecule has 1 aromatic rings. The Morgan fingerprint density at radius 2 is 2.04 bits per heavy atom. The molecule has 1 heterocycles. The van der Waals surface area contributed by atoms with Crippen molar-refractivity contribution < 1.29 is 91.9 Å². The summed E-state index contributed by atoms with van der Waals surface area (Å²) in [6, 6.07) is 1.38. The van der Waals surface area contributed by atoms with Crippen molar-refractivity contribution in [1.29, 1.82) is 0 Å². The maximum atomic E-state index is 14.3. The van der Waals surface area contributed by atoms with E-state index in [-0.39, 0.29) is 76.7 Å². The van der Waals surface area contributed by atoms with Crippen molar-refractivity contribution in [3.63, 3.8) is 0 Å². The SMILES string of the molecule is C[C@@H]1COc2c(F)cc([C@H](C)C3CC3)c(OCOP(=O)([O-])[O-])c21.[Na+].[Na+]. The molecule has 25 heavy (non-hydrogen) atoms. The molecule has 0 spiro atoms. The average molecular weight is 390 g/mol. The fourth-order valence-electron chi connectivity index (χ4n) is 3.04. The zero-order valence-electron chi connectivity index (χ0n) is 14.9. The molecule has 0 bridgehead atoms. The molecule has 0 saturated heterocycles. The monoisotopic (exact) mass is 390 g/mol. The van der Waals surface area contributed by atoms with E-state index in [1.165, 1.54) is 6.07 Å². The van der Waals surface area contributed by atoms with Crippen LogP contribution in [0.1, 0.15) is 49.7 Å². The Morgan fingerprint density at radius 1 is 1.40 bits per heavy atom. The number of phosphoric acid groups is 1. The van der Waals surface area contributed by atoms with E-state index in [1.54, 1.807) is 0 Å². The number of benzene rings is 1. The smallest absolute Gasteiger partial charge is 0.790 e. The van der Waals surface area contributed by atoms with Gasteiger partial charge in [-0.2, -0.15) is 0 Å². The van der Waals surface area contributed by atoms with E-state index in [4.69, 9.17) is 9.47 Å². The Labute approximate surface area is 190 Å². The second-order valence-corrected chi connectivity index (χ2v) is 7.35. The Balaban J connectivity index is 0.00000156. The maximum Gasteiger partial charge on any atom is 1.00 e. The van der Waals surface area contributed by atoms with Gasteiger partial charge >= 0.3 is 59.1 Å². The first-order valence-electron chi connectivity index (χ1n) is 7.56. The van der Waals surface area contributed by atoms with Gasteiger partial charge in [0.2, 0.25) is 0 Å². The molecule has 1 aromatic carbocycles. The predicted octanol–water partition coefficient (Wildman–Crippen LogP) is -3.98. The van der Waals surface area contributed by atoms with Crippen LogP contribution >= 0.6 is 7.82 Å². The summed E-state index contributed by atoms with van der Waals surface area (Å²) in [6.07, 6.45) is 2.14. The molecular weight excluding hydrogens is 372 g/mol. The van der Waals surface area contributed by atoms with Crippen molar-refractivity contribution in [2.75, 3.05) is 13.4 Å². The molecule has 2 aliphatic rings. The molecule has 0 amide bonds. The van der Waals surface area contributed by atoms with E-state index in [0.29, 0.717) is 29.4 Å². The van der Waals surface area contributed by atoms with Crippen LogP contribution in [0.15, 0.2) is 6.07 Å². The normalized spacial score (nSPS) is 20.0. The van der Waals surface area contributed by atoms with Crippen LogP contribution in [-0.2, 0) is 9.09 Å². The van der Waals surface area contributed by atoms with Gasteiger partial charge in [0.25, 0.3) is 0 Å². The van der Waals surface area contributed by atoms with Crippen LogP contribution in [0.25, 0.3) is 0 Å². The van der Waals surface area contributed by atoms with Crippen LogP contribution in [0, 0.1) is 11.7 Å². The molecule has 2 atom stereocenters. The summed E-state index contributed by atoms with van der Waals surface area (Å²) < 4.78 is 39.9. The van der Waals surface area contributed by atoms with E-state index >= 15 is 0 Å². The van der Waals surface area contributed by atoms with Crippen molar-refractivity contribution in [1.82, 2.24) is 0 Å². The largest absolute Gasteiger partial charge is 1.00 e. The standard InChI is InChI=1S/C15H20FO6P.2Na/c1-8-6-20-15-12(16)5-11(9(2)10-3-4-10)14(13(8)15)21-7-22-23(17,18)19;;/h5,8-10H,3-4,6-7H2,1-2H3,(H2,17,18,19);;/q;2*+1/p-2/t8-,9-;;/m1../s1. The first-order chi connectivity index (χ1) is 10.8. The number of rotatable bonds is 6. The fraction of sp³-hybridized carbons (Fsp3) is 0.600. The van der Waals surface area contributed by atoms with Gasteiger partial charge in [-0.25, -0.2) is 4.39 Å². The minimum atomic E-state index is -5.12. The second-order valence-electron chi connectivity index (χ2n) is 6.20. The Morgan fingerprint density at radius 3 is 2.60 bits per heavy atom. The van der Waals surface area contributed by atoms with Crippen molar-refractivity contribution in [3.8, 4) is 11.5 Å². The molecule has 1 aliphatic carbocycles. The van der Waals surface area contributed by atoms with E-state index in [1.807, 2.05) is 13.8 Å². The average Bonchev–Trinajstić information content (AvgIpc) is 3.23. The minimum Gasteiger partial charge on any atom is -0.790 e. The van der Waals surface area contributed by atoms with Crippen LogP contribution in [0.3, 0.4) is 0 Å². The number of hydrogen-bond acceptors (Lipinski definition) is 6. The third-order valence-corrected chi connectivity index (χ3v) is 4.88. The van der Waals surface area contributed by atoms with Crippen LogP contribution < -0.4 is 78.4 Å². The molecule has 0 aromatic heterocycles. The summed E-state index contributed by atoms with van der Waals surface area (Å²) in [5.41, 5.74) is 1.24. The van der Waals surface area contributed by atoms with Crippen molar-refractivity contribution in [3.05, 3.63) is 23.0 Å². The molecule has 3 rings (SSSR count). The topological polar surface area (TPSA) is 90.9 Å². The zero-order valence-corrected chi connectivity index (χ0v) is 19.8. The Kier molecular flexibility index (Phi) is 8.96. The molecule has 10 heteroatoms. The van der Waals surface area contributed by atoms with E-state index < -0.39 is 20.4 Å². The summed E-state index contributed by atoms with van der Waals surface area (Å²) in [5.74, 6) is 0.499. The van der Waals surface area contributed by atoms with Gasteiger partial charge in [-0.05, 0) is 30.7 Å². The molecule has 0 N–H and O–H groups in total. The van der Waals surface area contributed by atoms with Crippen LogP contribution in [-0.4, -0.2) is 13.4 Å². The summed E-state index contributed by atoms with van der Waals surface area (Å²) in [6.45, 7) is 3.46. The molecule has 0 radical (unpaired) electrons. The van der Waals surface area contributed by atoms with Gasteiger partial charge < -0.3 is 28.3 Å². The molecule has 6 nitrogen and oxygen atoms in total. The number of ether oxygens (including phenoxy) is 2. The predicted molar refractivity (Wildman–Crippen MR) is 75.6 cm³/mol. The summed E-state index contributed by atoms with van der Waals surface area (Å²) >= 11 is 0. The second kappa shape index (κ2) is 9.37. The van der Waals surface area contributed by atoms with E-state index in [2.05, 4.69) is 4.52 Å². The number of halogens is 1. The van der Waals surface area contributed by atoms with Gasteiger partial charge in [0.1, 0.15) is 5.75 Å². The molecule has 128 valence electrons. The Bertz CT molecular complexity index is 664. The number of fused-ring (bicyclic) bond motifs is 1.